The average molecular weight is 550 g/mol. The van der Waals surface area contributed by atoms with E-state index < -0.39 is 30.5 Å². The van der Waals surface area contributed by atoms with Crippen LogP contribution < -0.4 is 30.3 Å². The minimum absolute atomic E-state index is 0.0175. The Morgan fingerprint density at radius 3 is 2.74 bits per heavy atom. The van der Waals surface area contributed by atoms with E-state index in [2.05, 4.69) is 35.9 Å². The lowest BCUT2D eigenvalue weighted by molar-refractivity contribution is -0.0760. The first-order chi connectivity index (χ1) is 18.6. The van der Waals surface area contributed by atoms with E-state index >= 15 is 0 Å². The summed E-state index contributed by atoms with van der Waals surface area (Å²) in [5.41, 5.74) is -0.193. The van der Waals surface area contributed by atoms with Crippen LogP contribution in [0.4, 0.5) is 30.1 Å². The molecule has 0 saturated carbocycles. The highest BCUT2D eigenvalue weighted by atomic mass is 19.3. The molecule has 2 aliphatic rings. The van der Waals surface area contributed by atoms with Crippen LogP contribution in [0.15, 0.2) is 24.7 Å². The molecule has 0 spiro atoms. The van der Waals surface area contributed by atoms with Crippen molar-refractivity contribution in [2.75, 3.05) is 50.1 Å². The number of amides is 3. The van der Waals surface area contributed by atoms with Crippen LogP contribution in [0.2, 0.25) is 0 Å². The Balaban J connectivity index is 1.37. The highest BCUT2D eigenvalue weighted by Crippen LogP contribution is 2.33. The minimum Gasteiger partial charge on any atom is -0.477 e. The summed E-state index contributed by atoms with van der Waals surface area (Å²) in [6.07, 6.45) is 4.76. The van der Waals surface area contributed by atoms with Crippen LogP contribution in [0.5, 0.6) is 11.8 Å². The van der Waals surface area contributed by atoms with Crippen molar-refractivity contribution < 1.29 is 27.8 Å². The number of nitrogens with zero attached hydrogens (tertiary/aromatic N) is 6. The highest BCUT2D eigenvalue weighted by molar-refractivity contribution is 5.88. The fourth-order valence-corrected chi connectivity index (χ4v) is 4.46. The van der Waals surface area contributed by atoms with Gasteiger partial charge in [-0.2, -0.15) is 4.98 Å². The van der Waals surface area contributed by atoms with Crippen molar-refractivity contribution in [1.29, 1.82) is 0 Å². The lowest BCUT2D eigenvalue weighted by Gasteiger charge is -2.42. The summed E-state index contributed by atoms with van der Waals surface area (Å²) < 4.78 is 40.4. The fraction of sp³-hybridized carbons (Fsp3) is 0.583. The minimum atomic E-state index is -3.16. The van der Waals surface area contributed by atoms with E-state index in [0.29, 0.717) is 13.2 Å². The molecule has 13 nitrogen and oxygen atoms in total. The van der Waals surface area contributed by atoms with Crippen LogP contribution in [0.1, 0.15) is 33.1 Å². The summed E-state index contributed by atoms with van der Waals surface area (Å²) in [5, 5.41) is 8.54. The molecule has 2 fully saturated rings. The second-order valence-corrected chi connectivity index (χ2v) is 9.72. The number of carbonyl (C=O) groups excluding carboxylic acids is 2. The number of rotatable bonds is 8. The predicted octanol–water partition coefficient (Wildman–Crippen LogP) is 2.27. The third-order valence-electron chi connectivity index (χ3n) is 6.72. The number of carbonyl (C=O) groups is 2. The van der Waals surface area contributed by atoms with E-state index in [-0.39, 0.29) is 42.2 Å². The van der Waals surface area contributed by atoms with Crippen LogP contribution in [-0.4, -0.2) is 94.3 Å². The first kappa shape index (κ1) is 28.1. The lowest BCUT2D eigenvalue weighted by atomic mass is 10.00. The molecular formula is C24H33F2N9O4. The maximum absolute atomic E-state index is 14.9. The van der Waals surface area contributed by atoms with Crippen LogP contribution in [0.3, 0.4) is 0 Å². The molecule has 0 aromatic carbocycles. The van der Waals surface area contributed by atoms with Gasteiger partial charge in [0.1, 0.15) is 6.04 Å². The van der Waals surface area contributed by atoms with E-state index in [1.54, 1.807) is 6.92 Å². The molecule has 4 heterocycles. The maximum atomic E-state index is 14.9. The standard InChI is InChI=1S/C24H33F2N9O4/c1-4-38-19-13-28-17(12-29-19)32-21(36)34(3)16-14-35(11-8-24(16,25)26)20-27-10-6-18(33-20)39-22(37)30-15-23(2)7-5-9-31-23/h6,10,12-13,16,31H,4-5,7-9,11,14-15H2,1-3H3,(H,30,37)(H,28,32,36)/t16-,23-/m0/s1. The van der Waals surface area contributed by atoms with Gasteiger partial charge in [-0.1, -0.05) is 0 Å². The van der Waals surface area contributed by atoms with Gasteiger partial charge in [-0.3, -0.25) is 5.32 Å². The summed E-state index contributed by atoms with van der Waals surface area (Å²) >= 11 is 0. The molecule has 2 atom stereocenters. The second kappa shape index (κ2) is 11.9. The fourth-order valence-electron chi connectivity index (χ4n) is 4.46. The van der Waals surface area contributed by atoms with Crippen molar-refractivity contribution in [3.8, 4) is 11.8 Å². The second-order valence-electron chi connectivity index (χ2n) is 9.72. The SMILES string of the molecule is CCOc1cnc(NC(=O)N(C)[C@H]2CN(c3nccc(OC(=O)NC[C@]4(C)CCCN4)n3)CCC2(F)F)cn1. The topological polar surface area (TPSA) is 147 Å². The summed E-state index contributed by atoms with van der Waals surface area (Å²) in [5.74, 6) is -2.70. The molecule has 2 aromatic rings. The van der Waals surface area contributed by atoms with Gasteiger partial charge in [0.05, 0.1) is 19.0 Å². The Morgan fingerprint density at radius 2 is 2.05 bits per heavy atom. The Morgan fingerprint density at radius 1 is 1.23 bits per heavy atom. The van der Waals surface area contributed by atoms with Crippen LogP contribution >= 0.6 is 0 Å². The predicted molar refractivity (Wildman–Crippen MR) is 137 cm³/mol. The smallest absolute Gasteiger partial charge is 0.414 e. The number of piperidine rings is 1. The first-order valence-corrected chi connectivity index (χ1v) is 12.7. The van der Waals surface area contributed by atoms with Crippen LogP contribution in [0, 0.1) is 0 Å². The number of halogens is 2. The van der Waals surface area contributed by atoms with Gasteiger partial charge in [-0.15, -0.1) is 0 Å². The first-order valence-electron chi connectivity index (χ1n) is 12.7. The average Bonchev–Trinajstić information content (AvgIpc) is 3.35. The zero-order valence-electron chi connectivity index (χ0n) is 22.1. The van der Waals surface area contributed by atoms with Gasteiger partial charge in [0.2, 0.25) is 17.7 Å². The van der Waals surface area contributed by atoms with Crippen molar-refractivity contribution in [2.24, 2.45) is 0 Å². The Labute approximate surface area is 224 Å². The molecule has 15 heteroatoms. The molecular weight excluding hydrogens is 516 g/mol. The van der Waals surface area contributed by atoms with Crippen molar-refractivity contribution in [1.82, 2.24) is 35.5 Å². The van der Waals surface area contributed by atoms with Gasteiger partial charge in [0.25, 0.3) is 5.92 Å². The van der Waals surface area contributed by atoms with Gasteiger partial charge in [-0.05, 0) is 33.2 Å². The highest BCUT2D eigenvalue weighted by Gasteiger charge is 2.48. The molecule has 4 rings (SSSR count). The van der Waals surface area contributed by atoms with Crippen molar-refractivity contribution in [3.63, 3.8) is 0 Å². The molecule has 2 saturated heterocycles. The molecule has 3 N–H and O–H groups in total. The molecule has 39 heavy (non-hydrogen) atoms. The van der Waals surface area contributed by atoms with Crippen molar-refractivity contribution >= 4 is 23.9 Å². The van der Waals surface area contributed by atoms with Gasteiger partial charge < -0.3 is 29.9 Å². The zero-order valence-corrected chi connectivity index (χ0v) is 22.1. The third-order valence-corrected chi connectivity index (χ3v) is 6.72. The van der Waals surface area contributed by atoms with Gasteiger partial charge in [-0.25, -0.2) is 33.3 Å². The zero-order chi connectivity index (χ0) is 28.0. The van der Waals surface area contributed by atoms with Crippen molar-refractivity contribution in [3.05, 3.63) is 24.7 Å². The number of aromatic nitrogens is 4. The van der Waals surface area contributed by atoms with E-state index in [9.17, 15) is 18.4 Å². The number of likely N-dealkylation sites (N-methyl/N-ethyl adjacent to an activating group) is 1. The summed E-state index contributed by atoms with van der Waals surface area (Å²) in [4.78, 5) is 43.9. The molecule has 0 radical (unpaired) electrons. The quantitative estimate of drug-likeness (QED) is 0.448. The number of urea groups is 1. The van der Waals surface area contributed by atoms with Crippen molar-refractivity contribution in [2.45, 2.75) is 50.6 Å². The summed E-state index contributed by atoms with van der Waals surface area (Å²) in [6, 6.07) is -0.857. The summed E-state index contributed by atoms with van der Waals surface area (Å²) in [6.45, 7) is 5.21. The van der Waals surface area contributed by atoms with Gasteiger partial charge >= 0.3 is 12.1 Å². The molecule has 0 bridgehead atoms. The molecule has 0 unspecified atom stereocenters. The molecule has 3 amide bonds. The van der Waals surface area contributed by atoms with Gasteiger partial charge in [0.15, 0.2) is 5.82 Å². The van der Waals surface area contributed by atoms with Crippen LogP contribution in [0.25, 0.3) is 0 Å². The largest absolute Gasteiger partial charge is 0.477 e. The number of nitrogens with one attached hydrogen (secondary N) is 3. The lowest BCUT2D eigenvalue weighted by Crippen LogP contribution is -2.60. The number of hydrogen-bond acceptors (Lipinski definition) is 10. The summed E-state index contributed by atoms with van der Waals surface area (Å²) in [7, 11) is 1.28. The third kappa shape index (κ3) is 7.16. The van der Waals surface area contributed by atoms with Crippen LogP contribution in [-0.2, 0) is 0 Å². The number of anilines is 2. The Kier molecular flexibility index (Phi) is 8.57. The number of alkyl halides is 2. The Bertz CT molecular complexity index is 1150. The molecule has 0 aliphatic carbocycles. The van der Waals surface area contributed by atoms with E-state index in [0.717, 1.165) is 24.3 Å². The van der Waals surface area contributed by atoms with E-state index in [1.165, 1.54) is 36.6 Å². The Hall–Kier alpha value is -3.88. The van der Waals surface area contributed by atoms with Gasteiger partial charge in [0, 0.05) is 50.9 Å². The molecule has 2 aliphatic heterocycles. The molecule has 212 valence electrons. The number of hydrogen-bond donors (Lipinski definition) is 3. The van der Waals surface area contributed by atoms with E-state index in [4.69, 9.17) is 9.47 Å². The number of ether oxygens (including phenoxy) is 2. The molecule has 2 aromatic heterocycles. The van der Waals surface area contributed by atoms with E-state index in [1.807, 2.05) is 6.92 Å². The monoisotopic (exact) mass is 549 g/mol. The maximum Gasteiger partial charge on any atom is 0.414 e. The normalized spacial score (nSPS) is 22.2.